The van der Waals surface area contributed by atoms with Crippen LogP contribution in [0.25, 0.3) is 0 Å². The molecule has 1 fully saturated rings. The molecule has 0 unspecified atom stereocenters. The van der Waals surface area contributed by atoms with Crippen LogP contribution in [0.4, 0.5) is 13.2 Å². The highest BCUT2D eigenvalue weighted by Crippen LogP contribution is 2.36. The van der Waals surface area contributed by atoms with Crippen molar-refractivity contribution in [1.82, 2.24) is 4.90 Å². The molecule has 1 saturated heterocycles. The second-order valence-electron chi connectivity index (χ2n) is 4.49. The summed E-state index contributed by atoms with van der Waals surface area (Å²) in [6.45, 7) is 1.36. The number of alkyl halides is 3. The fourth-order valence-electron chi connectivity index (χ4n) is 2.24. The van der Waals surface area contributed by atoms with Crippen molar-refractivity contribution in [1.29, 1.82) is 0 Å². The molecule has 0 saturated carbocycles. The maximum absolute atomic E-state index is 12.8. The SMILES string of the molecule is O=C(O)C1=C(C(F)(F)F)CCC=C(N2CCCC2)O1. The summed E-state index contributed by atoms with van der Waals surface area (Å²) in [4.78, 5) is 12.8. The van der Waals surface area contributed by atoms with E-state index in [0.29, 0.717) is 13.1 Å². The molecule has 0 aromatic rings. The molecular weight excluding hydrogens is 263 g/mol. The van der Waals surface area contributed by atoms with Crippen LogP contribution in [0.15, 0.2) is 23.3 Å². The average molecular weight is 277 g/mol. The Labute approximate surface area is 108 Å². The van der Waals surface area contributed by atoms with E-state index in [-0.39, 0.29) is 18.7 Å². The molecule has 0 spiro atoms. The van der Waals surface area contributed by atoms with Gasteiger partial charge in [-0.25, -0.2) is 4.79 Å². The molecule has 7 heteroatoms. The second kappa shape index (κ2) is 5.14. The van der Waals surface area contributed by atoms with E-state index in [4.69, 9.17) is 9.84 Å². The summed E-state index contributed by atoms with van der Waals surface area (Å²) >= 11 is 0. The van der Waals surface area contributed by atoms with Gasteiger partial charge in [0.25, 0.3) is 0 Å². The Morgan fingerprint density at radius 3 is 2.47 bits per heavy atom. The number of hydrogen-bond donors (Lipinski definition) is 1. The summed E-state index contributed by atoms with van der Waals surface area (Å²) in [5.74, 6) is -2.45. The second-order valence-corrected chi connectivity index (χ2v) is 4.49. The molecule has 106 valence electrons. The first-order valence-corrected chi connectivity index (χ1v) is 6.06. The van der Waals surface area contributed by atoms with Crippen molar-refractivity contribution in [3.8, 4) is 0 Å². The van der Waals surface area contributed by atoms with Gasteiger partial charge in [0.1, 0.15) is 0 Å². The molecule has 2 aliphatic heterocycles. The van der Waals surface area contributed by atoms with E-state index in [9.17, 15) is 18.0 Å². The van der Waals surface area contributed by atoms with Crippen molar-refractivity contribution in [3.63, 3.8) is 0 Å². The third kappa shape index (κ3) is 3.02. The Morgan fingerprint density at radius 2 is 1.95 bits per heavy atom. The maximum Gasteiger partial charge on any atom is 0.416 e. The summed E-state index contributed by atoms with van der Waals surface area (Å²) in [6.07, 6.45) is -1.53. The van der Waals surface area contributed by atoms with Crippen molar-refractivity contribution in [2.75, 3.05) is 13.1 Å². The minimum absolute atomic E-state index is 0.122. The number of carbonyl (C=O) groups is 1. The van der Waals surface area contributed by atoms with E-state index >= 15 is 0 Å². The Bertz CT molecular complexity index is 434. The van der Waals surface area contributed by atoms with Gasteiger partial charge in [-0.05, 0) is 31.8 Å². The van der Waals surface area contributed by atoms with Gasteiger partial charge in [-0.15, -0.1) is 0 Å². The van der Waals surface area contributed by atoms with Crippen molar-refractivity contribution < 1.29 is 27.8 Å². The predicted molar refractivity (Wildman–Crippen MR) is 59.9 cm³/mol. The van der Waals surface area contributed by atoms with Gasteiger partial charge in [0, 0.05) is 13.1 Å². The summed E-state index contributed by atoms with van der Waals surface area (Å²) in [5.41, 5.74) is -1.11. The average Bonchev–Trinajstić information content (AvgIpc) is 2.72. The van der Waals surface area contributed by atoms with Gasteiger partial charge >= 0.3 is 12.1 Å². The lowest BCUT2D eigenvalue weighted by Gasteiger charge is -2.21. The number of carboxylic acid groups (broad SMARTS) is 1. The Morgan fingerprint density at radius 1 is 1.32 bits per heavy atom. The van der Waals surface area contributed by atoms with Crippen LogP contribution in [0.1, 0.15) is 25.7 Å². The lowest BCUT2D eigenvalue weighted by molar-refractivity contribution is -0.138. The molecule has 0 aromatic heterocycles. The summed E-state index contributed by atoms with van der Waals surface area (Å²) < 4.78 is 43.4. The third-order valence-corrected chi connectivity index (χ3v) is 3.15. The number of allylic oxidation sites excluding steroid dienone is 2. The van der Waals surface area contributed by atoms with Crippen LogP contribution in [0.2, 0.25) is 0 Å². The fraction of sp³-hybridized carbons (Fsp3) is 0.583. The van der Waals surface area contributed by atoms with Crippen LogP contribution in [0.3, 0.4) is 0 Å². The van der Waals surface area contributed by atoms with E-state index in [2.05, 4.69) is 0 Å². The first kappa shape index (κ1) is 13.8. The standard InChI is InChI=1S/C12H14F3NO3/c13-12(14,15)8-4-3-5-9(16-6-1-2-7-16)19-10(8)11(17)18/h5H,1-4,6-7H2,(H,17,18). The zero-order chi connectivity index (χ0) is 14.0. The highest BCUT2D eigenvalue weighted by molar-refractivity contribution is 5.85. The van der Waals surface area contributed by atoms with Crippen LogP contribution < -0.4 is 0 Å². The summed E-state index contributed by atoms with van der Waals surface area (Å²) in [5, 5.41) is 8.93. The van der Waals surface area contributed by atoms with E-state index in [1.54, 1.807) is 4.90 Å². The normalized spacial score (nSPS) is 21.0. The van der Waals surface area contributed by atoms with Gasteiger partial charge in [-0.1, -0.05) is 0 Å². The molecule has 1 N–H and O–H groups in total. The van der Waals surface area contributed by atoms with Crippen LogP contribution in [-0.2, 0) is 9.53 Å². The molecule has 0 radical (unpaired) electrons. The highest BCUT2D eigenvalue weighted by atomic mass is 19.4. The Balaban J connectivity index is 2.29. The smallest absolute Gasteiger partial charge is 0.416 e. The maximum atomic E-state index is 12.8. The quantitative estimate of drug-likeness (QED) is 0.843. The molecular formula is C12H14F3NO3. The molecule has 2 aliphatic rings. The monoisotopic (exact) mass is 277 g/mol. The molecule has 19 heavy (non-hydrogen) atoms. The largest absolute Gasteiger partial charge is 0.475 e. The molecule has 0 aliphatic carbocycles. The van der Waals surface area contributed by atoms with E-state index in [1.807, 2.05) is 0 Å². The fourth-order valence-corrected chi connectivity index (χ4v) is 2.24. The topological polar surface area (TPSA) is 49.8 Å². The Hall–Kier alpha value is -1.66. The van der Waals surface area contributed by atoms with Crippen LogP contribution in [0, 0.1) is 0 Å². The Kier molecular flexibility index (Phi) is 3.73. The molecule has 2 heterocycles. The zero-order valence-electron chi connectivity index (χ0n) is 10.2. The molecule has 4 nitrogen and oxygen atoms in total. The number of hydrogen-bond acceptors (Lipinski definition) is 3. The number of aliphatic carboxylic acids is 1. The van der Waals surface area contributed by atoms with Gasteiger partial charge < -0.3 is 14.7 Å². The summed E-state index contributed by atoms with van der Waals surface area (Å²) in [6, 6.07) is 0. The van der Waals surface area contributed by atoms with Gasteiger partial charge in [-0.3, -0.25) is 0 Å². The van der Waals surface area contributed by atoms with Crippen molar-refractivity contribution in [2.24, 2.45) is 0 Å². The summed E-state index contributed by atoms with van der Waals surface area (Å²) in [7, 11) is 0. The van der Waals surface area contributed by atoms with Gasteiger partial charge in [-0.2, -0.15) is 13.2 Å². The number of nitrogens with zero attached hydrogens (tertiary/aromatic N) is 1. The number of halogens is 3. The lowest BCUT2D eigenvalue weighted by Crippen LogP contribution is -2.23. The van der Waals surface area contributed by atoms with Crippen molar-refractivity contribution in [2.45, 2.75) is 31.9 Å². The van der Waals surface area contributed by atoms with Crippen LogP contribution >= 0.6 is 0 Å². The van der Waals surface area contributed by atoms with Gasteiger partial charge in [0.15, 0.2) is 5.88 Å². The van der Waals surface area contributed by atoms with Crippen molar-refractivity contribution >= 4 is 5.97 Å². The number of carboxylic acids is 1. The van der Waals surface area contributed by atoms with Crippen LogP contribution in [0.5, 0.6) is 0 Å². The lowest BCUT2D eigenvalue weighted by atomic mass is 10.1. The first-order chi connectivity index (χ1) is 8.89. The highest BCUT2D eigenvalue weighted by Gasteiger charge is 2.40. The number of rotatable bonds is 2. The molecule has 0 atom stereocenters. The number of likely N-dealkylation sites (tertiary alicyclic amines) is 1. The minimum atomic E-state index is -4.68. The van der Waals surface area contributed by atoms with E-state index < -0.39 is 23.5 Å². The first-order valence-electron chi connectivity index (χ1n) is 6.06. The molecule has 0 aromatic carbocycles. The van der Waals surface area contributed by atoms with Gasteiger partial charge in [0.05, 0.1) is 5.57 Å². The van der Waals surface area contributed by atoms with Crippen molar-refractivity contribution in [3.05, 3.63) is 23.3 Å². The minimum Gasteiger partial charge on any atom is -0.475 e. The predicted octanol–water partition coefficient (Wildman–Crippen LogP) is 2.64. The van der Waals surface area contributed by atoms with Crippen LogP contribution in [-0.4, -0.2) is 35.2 Å². The van der Waals surface area contributed by atoms with Gasteiger partial charge in [0.2, 0.25) is 5.76 Å². The third-order valence-electron chi connectivity index (χ3n) is 3.15. The molecule has 0 bridgehead atoms. The zero-order valence-corrected chi connectivity index (χ0v) is 10.2. The number of ether oxygens (including phenoxy) is 1. The van der Waals surface area contributed by atoms with E-state index in [1.165, 1.54) is 6.08 Å². The molecule has 0 amide bonds. The van der Waals surface area contributed by atoms with E-state index in [0.717, 1.165) is 12.8 Å². The molecule has 2 rings (SSSR count).